The van der Waals surface area contributed by atoms with Crippen LogP contribution in [0.5, 0.6) is 0 Å². The Balaban J connectivity index is 1.58. The molecule has 3 amide bonds. The first-order valence-corrected chi connectivity index (χ1v) is 11.3. The number of carbonyl (C=O) groups excluding carboxylic acids is 3. The number of allylic oxidation sites excluding steroid dienone is 1. The van der Waals surface area contributed by atoms with E-state index in [2.05, 4.69) is 15.6 Å². The molecule has 0 atom stereocenters. The van der Waals surface area contributed by atoms with Gasteiger partial charge in [-0.15, -0.1) is 0 Å². The highest BCUT2D eigenvalue weighted by atomic mass is 16.2. The van der Waals surface area contributed by atoms with Gasteiger partial charge in [-0.2, -0.15) is 0 Å². The fourth-order valence-corrected chi connectivity index (χ4v) is 3.85. The first kappa shape index (κ1) is 24.1. The highest BCUT2D eigenvalue weighted by molar-refractivity contribution is 5.95. The molecular weight excluding hydrogens is 418 g/mol. The lowest BCUT2D eigenvalue weighted by molar-refractivity contribution is -0.133. The molecule has 1 saturated heterocycles. The maximum atomic E-state index is 12.9. The Hall–Kier alpha value is -3.55. The molecule has 3 rings (SSSR count). The number of carbonyl (C=O) groups is 3. The van der Waals surface area contributed by atoms with E-state index in [9.17, 15) is 14.4 Å². The van der Waals surface area contributed by atoms with Crippen LogP contribution in [0.2, 0.25) is 0 Å². The van der Waals surface area contributed by atoms with Gasteiger partial charge in [-0.25, -0.2) is 0 Å². The third-order valence-corrected chi connectivity index (χ3v) is 5.69. The van der Waals surface area contributed by atoms with Crippen LogP contribution in [0.25, 0.3) is 0 Å². The Morgan fingerprint density at radius 1 is 1.15 bits per heavy atom. The van der Waals surface area contributed by atoms with Crippen molar-refractivity contribution in [2.75, 3.05) is 19.6 Å². The summed E-state index contributed by atoms with van der Waals surface area (Å²) < 4.78 is 0. The molecule has 0 saturated carbocycles. The number of nitrogens with one attached hydrogen (secondary N) is 2. The molecule has 0 aromatic carbocycles. The zero-order chi connectivity index (χ0) is 23.6. The van der Waals surface area contributed by atoms with E-state index in [0.717, 1.165) is 29.8 Å². The lowest BCUT2D eigenvalue weighted by Gasteiger charge is -2.32. The molecule has 0 bridgehead atoms. The molecule has 3 heterocycles. The minimum atomic E-state index is -0.165. The largest absolute Gasteiger partial charge is 0.348 e. The van der Waals surface area contributed by atoms with Crippen LogP contribution >= 0.6 is 0 Å². The number of aromatic nitrogens is 2. The molecule has 0 aliphatic carbocycles. The SMILES string of the molecule is CC=CCC(=O)NCC(=O)N1CCC(c2nc(C)ccc2C(=O)NCc2cccnc2)CC1. The summed E-state index contributed by atoms with van der Waals surface area (Å²) in [6.45, 7) is 5.30. The number of nitrogens with zero attached hydrogens (tertiary/aromatic N) is 3. The second-order valence-electron chi connectivity index (χ2n) is 8.13. The highest BCUT2D eigenvalue weighted by Gasteiger charge is 2.28. The van der Waals surface area contributed by atoms with Crippen LogP contribution in [0.4, 0.5) is 0 Å². The number of hydrogen-bond donors (Lipinski definition) is 2. The molecule has 8 heteroatoms. The molecule has 2 aromatic heterocycles. The molecule has 1 aliphatic rings. The third-order valence-electron chi connectivity index (χ3n) is 5.69. The van der Waals surface area contributed by atoms with Crippen molar-refractivity contribution in [3.05, 3.63) is 71.3 Å². The van der Waals surface area contributed by atoms with Gasteiger partial charge in [0.25, 0.3) is 5.91 Å². The number of pyridine rings is 2. The van der Waals surface area contributed by atoms with Crippen LogP contribution in [-0.4, -0.2) is 52.2 Å². The van der Waals surface area contributed by atoms with Gasteiger partial charge in [-0.05, 0) is 50.5 Å². The summed E-state index contributed by atoms with van der Waals surface area (Å²) in [5, 5.41) is 5.62. The Kier molecular flexibility index (Phi) is 8.69. The van der Waals surface area contributed by atoms with E-state index in [1.54, 1.807) is 29.4 Å². The molecule has 1 aliphatic heterocycles. The van der Waals surface area contributed by atoms with Gasteiger partial charge < -0.3 is 15.5 Å². The molecule has 33 heavy (non-hydrogen) atoms. The van der Waals surface area contributed by atoms with Crippen LogP contribution in [-0.2, 0) is 16.1 Å². The number of piperidine rings is 1. The van der Waals surface area contributed by atoms with E-state index in [-0.39, 0.29) is 36.6 Å². The van der Waals surface area contributed by atoms with Crippen LogP contribution < -0.4 is 10.6 Å². The molecule has 2 N–H and O–H groups in total. The van der Waals surface area contributed by atoms with E-state index in [0.29, 0.717) is 25.2 Å². The maximum absolute atomic E-state index is 12.9. The molecule has 0 spiro atoms. The molecule has 2 aromatic rings. The van der Waals surface area contributed by atoms with Crippen molar-refractivity contribution in [2.45, 2.75) is 45.6 Å². The molecular formula is C25H31N5O3. The topological polar surface area (TPSA) is 104 Å². The Bertz CT molecular complexity index is 998. The van der Waals surface area contributed by atoms with Gasteiger partial charge in [0.15, 0.2) is 0 Å². The fraction of sp³-hybridized carbons (Fsp3) is 0.400. The zero-order valence-corrected chi connectivity index (χ0v) is 19.2. The van der Waals surface area contributed by atoms with Gasteiger partial charge in [-0.1, -0.05) is 18.2 Å². The van der Waals surface area contributed by atoms with Crippen molar-refractivity contribution in [3.8, 4) is 0 Å². The predicted octanol–water partition coefficient (Wildman–Crippen LogP) is 2.50. The van der Waals surface area contributed by atoms with E-state index in [1.807, 2.05) is 38.1 Å². The van der Waals surface area contributed by atoms with Crippen molar-refractivity contribution in [1.82, 2.24) is 25.5 Å². The van der Waals surface area contributed by atoms with E-state index in [4.69, 9.17) is 4.98 Å². The monoisotopic (exact) mass is 449 g/mol. The first-order valence-electron chi connectivity index (χ1n) is 11.3. The van der Waals surface area contributed by atoms with Crippen LogP contribution in [0.15, 0.2) is 48.8 Å². The average Bonchev–Trinajstić information content (AvgIpc) is 2.85. The Morgan fingerprint density at radius 3 is 2.64 bits per heavy atom. The van der Waals surface area contributed by atoms with Crippen molar-refractivity contribution in [3.63, 3.8) is 0 Å². The quantitative estimate of drug-likeness (QED) is 0.603. The van der Waals surface area contributed by atoms with Gasteiger partial charge in [0, 0.05) is 50.1 Å². The van der Waals surface area contributed by atoms with Crippen molar-refractivity contribution >= 4 is 17.7 Å². The third kappa shape index (κ3) is 6.97. The van der Waals surface area contributed by atoms with E-state index < -0.39 is 0 Å². The second kappa shape index (κ2) is 11.9. The fourth-order valence-electron chi connectivity index (χ4n) is 3.85. The van der Waals surface area contributed by atoms with Gasteiger partial charge in [-0.3, -0.25) is 24.4 Å². The number of likely N-dealkylation sites (tertiary alicyclic amines) is 1. The number of amides is 3. The number of aryl methyl sites for hydroxylation is 1. The number of rotatable bonds is 8. The molecule has 1 fully saturated rings. The van der Waals surface area contributed by atoms with Gasteiger partial charge in [0.05, 0.1) is 17.8 Å². The minimum absolute atomic E-state index is 0.00570. The molecule has 8 nitrogen and oxygen atoms in total. The summed E-state index contributed by atoms with van der Waals surface area (Å²) in [7, 11) is 0. The summed E-state index contributed by atoms with van der Waals surface area (Å²) in [5.41, 5.74) is 3.14. The second-order valence-corrected chi connectivity index (χ2v) is 8.13. The first-order chi connectivity index (χ1) is 16.0. The van der Waals surface area contributed by atoms with Gasteiger partial charge in [0.2, 0.25) is 11.8 Å². The van der Waals surface area contributed by atoms with Crippen molar-refractivity contribution < 1.29 is 14.4 Å². The summed E-state index contributed by atoms with van der Waals surface area (Å²) >= 11 is 0. The summed E-state index contributed by atoms with van der Waals surface area (Å²) in [6.07, 6.45) is 8.70. The van der Waals surface area contributed by atoms with Crippen molar-refractivity contribution in [2.24, 2.45) is 0 Å². The summed E-state index contributed by atoms with van der Waals surface area (Å²) in [6, 6.07) is 7.42. The normalized spacial score (nSPS) is 14.3. The standard InChI is InChI=1S/C25H31N5O3/c1-3-4-7-22(31)27-17-23(32)30-13-10-20(11-14-30)24-21(9-8-18(2)29-24)25(33)28-16-19-6-5-12-26-15-19/h3-6,8-9,12,15,20H,7,10-11,13-14,16-17H2,1-2H3,(H,27,31)(H,28,33). The zero-order valence-electron chi connectivity index (χ0n) is 19.2. The lowest BCUT2D eigenvalue weighted by Crippen LogP contribution is -2.44. The number of hydrogen-bond acceptors (Lipinski definition) is 5. The summed E-state index contributed by atoms with van der Waals surface area (Å²) in [4.78, 5) is 47.6. The van der Waals surface area contributed by atoms with Crippen molar-refractivity contribution in [1.29, 1.82) is 0 Å². The molecule has 0 unspecified atom stereocenters. The average molecular weight is 450 g/mol. The molecule has 0 radical (unpaired) electrons. The van der Waals surface area contributed by atoms with Gasteiger partial charge in [0.1, 0.15) is 0 Å². The Morgan fingerprint density at radius 2 is 1.94 bits per heavy atom. The van der Waals surface area contributed by atoms with Crippen LogP contribution in [0.3, 0.4) is 0 Å². The highest BCUT2D eigenvalue weighted by Crippen LogP contribution is 2.29. The smallest absolute Gasteiger partial charge is 0.253 e. The van der Waals surface area contributed by atoms with Crippen LogP contribution in [0, 0.1) is 6.92 Å². The lowest BCUT2D eigenvalue weighted by atomic mass is 9.89. The van der Waals surface area contributed by atoms with E-state index in [1.165, 1.54) is 0 Å². The maximum Gasteiger partial charge on any atom is 0.253 e. The van der Waals surface area contributed by atoms with Gasteiger partial charge >= 0.3 is 0 Å². The molecule has 174 valence electrons. The predicted molar refractivity (Wildman–Crippen MR) is 125 cm³/mol. The van der Waals surface area contributed by atoms with Crippen LogP contribution in [0.1, 0.15) is 59.4 Å². The van der Waals surface area contributed by atoms with E-state index >= 15 is 0 Å². The minimum Gasteiger partial charge on any atom is -0.348 e. The Labute approximate surface area is 194 Å². The summed E-state index contributed by atoms with van der Waals surface area (Å²) in [5.74, 6) is -0.322.